The lowest BCUT2D eigenvalue weighted by molar-refractivity contribution is -0.118. The number of urea groups is 1. The van der Waals surface area contributed by atoms with Gasteiger partial charge in [-0.2, -0.15) is 5.10 Å². The molecule has 1 aliphatic heterocycles. The maximum atomic E-state index is 11.7. The van der Waals surface area contributed by atoms with Gasteiger partial charge in [0.15, 0.2) is 9.84 Å². The van der Waals surface area contributed by atoms with E-state index in [0.717, 1.165) is 0 Å². The Balaban J connectivity index is 1.85. The normalized spacial score (nSPS) is 20.5. The molecule has 1 aliphatic rings. The summed E-state index contributed by atoms with van der Waals surface area (Å²) in [6, 6.07) is -0.883. The Kier molecular flexibility index (Phi) is 3.93. The van der Waals surface area contributed by atoms with Crippen LogP contribution >= 0.6 is 0 Å². The lowest BCUT2D eigenvalue weighted by Crippen LogP contribution is -2.38. The van der Waals surface area contributed by atoms with E-state index in [-0.39, 0.29) is 24.1 Å². The minimum absolute atomic E-state index is 0.0403. The van der Waals surface area contributed by atoms with Crippen molar-refractivity contribution in [2.45, 2.75) is 19.0 Å². The fraction of sp³-hybridized carbons (Fsp3) is 0.500. The maximum Gasteiger partial charge on any atom is 0.319 e. The largest absolute Gasteiger partial charge is 0.368 e. The van der Waals surface area contributed by atoms with Gasteiger partial charge in [0.1, 0.15) is 6.54 Å². The molecule has 0 bridgehead atoms. The molecule has 1 fully saturated rings. The summed E-state index contributed by atoms with van der Waals surface area (Å²) in [7, 11) is -3.03. The Labute approximate surface area is 115 Å². The van der Waals surface area contributed by atoms with Crippen molar-refractivity contribution in [1.82, 2.24) is 15.1 Å². The third kappa shape index (κ3) is 3.95. The van der Waals surface area contributed by atoms with Gasteiger partial charge in [-0.25, -0.2) is 13.2 Å². The molecule has 3 amide bonds. The number of nitrogens with one attached hydrogen (secondary N) is 2. The van der Waals surface area contributed by atoms with Gasteiger partial charge in [-0.1, -0.05) is 0 Å². The number of rotatable bonds is 4. The summed E-state index contributed by atoms with van der Waals surface area (Å²) in [6.45, 7) is -0.0792. The van der Waals surface area contributed by atoms with Gasteiger partial charge in [0.25, 0.3) is 0 Å². The van der Waals surface area contributed by atoms with Crippen molar-refractivity contribution in [3.63, 3.8) is 0 Å². The zero-order valence-electron chi connectivity index (χ0n) is 10.6. The third-order valence-corrected chi connectivity index (χ3v) is 4.54. The van der Waals surface area contributed by atoms with Gasteiger partial charge in [0.05, 0.1) is 23.4 Å². The fourth-order valence-electron chi connectivity index (χ4n) is 1.94. The van der Waals surface area contributed by atoms with E-state index in [9.17, 15) is 18.0 Å². The molecule has 1 aromatic rings. The molecule has 2 heterocycles. The van der Waals surface area contributed by atoms with E-state index in [2.05, 4.69) is 15.7 Å². The molecule has 20 heavy (non-hydrogen) atoms. The highest BCUT2D eigenvalue weighted by atomic mass is 32.2. The van der Waals surface area contributed by atoms with Crippen molar-refractivity contribution >= 4 is 27.5 Å². The van der Waals surface area contributed by atoms with Gasteiger partial charge in [0.2, 0.25) is 5.91 Å². The Morgan fingerprint density at radius 1 is 1.50 bits per heavy atom. The number of nitrogens with zero attached hydrogens (tertiary/aromatic N) is 2. The molecule has 0 aliphatic carbocycles. The van der Waals surface area contributed by atoms with Crippen LogP contribution in [0.2, 0.25) is 0 Å². The summed E-state index contributed by atoms with van der Waals surface area (Å²) in [5.41, 5.74) is 5.41. The molecule has 0 aromatic carbocycles. The molecule has 0 spiro atoms. The summed E-state index contributed by atoms with van der Waals surface area (Å²) in [4.78, 5) is 22.4. The molecule has 110 valence electrons. The van der Waals surface area contributed by atoms with E-state index >= 15 is 0 Å². The van der Waals surface area contributed by atoms with Crippen LogP contribution in [-0.2, 0) is 21.2 Å². The van der Waals surface area contributed by atoms with E-state index in [0.29, 0.717) is 12.1 Å². The average Bonchev–Trinajstić information content (AvgIpc) is 2.85. The molecule has 1 unspecified atom stereocenters. The second-order valence-electron chi connectivity index (χ2n) is 4.59. The van der Waals surface area contributed by atoms with E-state index in [1.165, 1.54) is 17.1 Å². The standard InChI is InChI=1S/C10H15N5O4S/c11-9(16)5-15-4-8(3-12-15)14-10(17)13-7-1-2-20(18,19)6-7/h3-4,7H,1-2,5-6H2,(H2,11,16)(H2,13,14,17). The van der Waals surface area contributed by atoms with Crippen molar-refractivity contribution < 1.29 is 18.0 Å². The van der Waals surface area contributed by atoms with Gasteiger partial charge in [-0.3, -0.25) is 9.48 Å². The first-order chi connectivity index (χ1) is 9.34. The number of primary amides is 1. The summed E-state index contributed by atoms with van der Waals surface area (Å²) in [6.07, 6.45) is 3.24. The van der Waals surface area contributed by atoms with Crippen LogP contribution in [0.5, 0.6) is 0 Å². The number of nitrogens with two attached hydrogens (primary N) is 1. The van der Waals surface area contributed by atoms with Gasteiger partial charge >= 0.3 is 6.03 Å². The van der Waals surface area contributed by atoms with Crippen molar-refractivity contribution in [2.24, 2.45) is 5.73 Å². The molecule has 10 heteroatoms. The number of carbonyl (C=O) groups excluding carboxylic acids is 2. The smallest absolute Gasteiger partial charge is 0.319 e. The quantitative estimate of drug-likeness (QED) is 0.633. The maximum absolute atomic E-state index is 11.7. The van der Waals surface area contributed by atoms with Gasteiger partial charge < -0.3 is 16.4 Å². The summed E-state index contributed by atoms with van der Waals surface area (Å²) in [5, 5.41) is 8.93. The van der Waals surface area contributed by atoms with Crippen LogP contribution in [0.3, 0.4) is 0 Å². The highest BCUT2D eigenvalue weighted by Gasteiger charge is 2.28. The van der Waals surface area contributed by atoms with Crippen LogP contribution in [0.4, 0.5) is 10.5 Å². The number of anilines is 1. The molecule has 9 nitrogen and oxygen atoms in total. The SMILES string of the molecule is NC(=O)Cn1cc(NC(=O)NC2CCS(=O)(=O)C2)cn1. The molecule has 1 aromatic heterocycles. The highest BCUT2D eigenvalue weighted by molar-refractivity contribution is 7.91. The lowest BCUT2D eigenvalue weighted by Gasteiger charge is -2.10. The molecule has 1 saturated heterocycles. The van der Waals surface area contributed by atoms with E-state index < -0.39 is 21.8 Å². The van der Waals surface area contributed by atoms with Crippen LogP contribution in [0.1, 0.15) is 6.42 Å². The number of sulfone groups is 1. The number of amides is 3. The van der Waals surface area contributed by atoms with Crippen molar-refractivity contribution in [3.8, 4) is 0 Å². The fourth-order valence-corrected chi connectivity index (χ4v) is 3.61. The minimum Gasteiger partial charge on any atom is -0.368 e. The first-order valence-corrected chi connectivity index (χ1v) is 7.75. The van der Waals surface area contributed by atoms with Crippen LogP contribution < -0.4 is 16.4 Å². The molecular weight excluding hydrogens is 286 g/mol. The third-order valence-electron chi connectivity index (χ3n) is 2.78. The first-order valence-electron chi connectivity index (χ1n) is 5.93. The predicted molar refractivity (Wildman–Crippen MR) is 70.6 cm³/mol. The zero-order chi connectivity index (χ0) is 14.8. The van der Waals surface area contributed by atoms with Crippen LogP contribution in [0.15, 0.2) is 12.4 Å². The average molecular weight is 301 g/mol. The number of hydrogen-bond donors (Lipinski definition) is 3. The second-order valence-corrected chi connectivity index (χ2v) is 6.82. The van der Waals surface area contributed by atoms with Gasteiger partial charge in [-0.05, 0) is 6.42 Å². The van der Waals surface area contributed by atoms with E-state index in [1.807, 2.05) is 0 Å². The minimum atomic E-state index is -3.03. The predicted octanol–water partition coefficient (Wildman–Crippen LogP) is -1.32. The molecule has 0 saturated carbocycles. The van der Waals surface area contributed by atoms with E-state index in [4.69, 9.17) is 5.73 Å². The van der Waals surface area contributed by atoms with Crippen LogP contribution in [0, 0.1) is 0 Å². The van der Waals surface area contributed by atoms with Crippen molar-refractivity contribution in [1.29, 1.82) is 0 Å². The van der Waals surface area contributed by atoms with Crippen molar-refractivity contribution in [3.05, 3.63) is 12.4 Å². The monoisotopic (exact) mass is 301 g/mol. The first kappa shape index (κ1) is 14.3. The Bertz CT molecular complexity index is 623. The topological polar surface area (TPSA) is 136 Å². The molecule has 0 radical (unpaired) electrons. The van der Waals surface area contributed by atoms with Gasteiger partial charge in [-0.15, -0.1) is 0 Å². The summed E-state index contributed by atoms with van der Waals surface area (Å²) < 4.78 is 23.8. The van der Waals surface area contributed by atoms with E-state index in [1.54, 1.807) is 0 Å². The molecule has 2 rings (SSSR count). The second kappa shape index (κ2) is 5.49. The number of aromatic nitrogens is 2. The number of carbonyl (C=O) groups is 2. The highest BCUT2D eigenvalue weighted by Crippen LogP contribution is 2.11. The van der Waals surface area contributed by atoms with Crippen LogP contribution in [-0.4, -0.2) is 47.7 Å². The van der Waals surface area contributed by atoms with Crippen molar-refractivity contribution in [2.75, 3.05) is 16.8 Å². The summed E-state index contributed by atoms with van der Waals surface area (Å²) >= 11 is 0. The Morgan fingerprint density at radius 2 is 2.25 bits per heavy atom. The number of hydrogen-bond acceptors (Lipinski definition) is 5. The van der Waals surface area contributed by atoms with Gasteiger partial charge in [0, 0.05) is 12.2 Å². The Morgan fingerprint density at radius 3 is 2.85 bits per heavy atom. The van der Waals surface area contributed by atoms with Crippen LogP contribution in [0.25, 0.3) is 0 Å². The lowest BCUT2D eigenvalue weighted by atomic mass is 10.3. The molecular formula is C10H15N5O4S. The molecule has 1 atom stereocenters. The Hall–Kier alpha value is -2.10. The zero-order valence-corrected chi connectivity index (χ0v) is 11.4. The molecule has 4 N–H and O–H groups in total. The summed E-state index contributed by atoms with van der Waals surface area (Å²) in [5.74, 6) is -0.490.